The van der Waals surface area contributed by atoms with E-state index >= 15 is 0 Å². The molecule has 0 aliphatic heterocycles. The van der Waals surface area contributed by atoms with Crippen LogP contribution < -0.4 is 4.74 Å². The van der Waals surface area contributed by atoms with Gasteiger partial charge in [-0.15, -0.1) is 0 Å². The Hall–Kier alpha value is -0.840. The molecule has 0 fully saturated rings. The van der Waals surface area contributed by atoms with Crippen molar-refractivity contribution in [3.8, 4) is 5.88 Å². The molecule has 4 nitrogen and oxygen atoms in total. The van der Waals surface area contributed by atoms with E-state index in [4.69, 9.17) is 4.74 Å². The van der Waals surface area contributed by atoms with Crippen molar-refractivity contribution in [2.45, 2.75) is 20.8 Å². The Morgan fingerprint density at radius 3 is 2.62 bits per heavy atom. The summed E-state index contributed by atoms with van der Waals surface area (Å²) in [4.78, 5) is 11.4. The number of nitrogens with zero attached hydrogens (tertiary/aromatic N) is 1. The van der Waals surface area contributed by atoms with E-state index in [9.17, 15) is 4.79 Å². The molecular weight excluding hydrogens is 236 g/mol. The number of nitrogens with one attached hydrogen (secondary N) is 1. The number of carbonyl (C=O) groups excluding carboxylic acids is 1. The van der Waals surface area contributed by atoms with Crippen LogP contribution in [0.3, 0.4) is 0 Å². The van der Waals surface area contributed by atoms with Crippen molar-refractivity contribution in [1.29, 1.82) is 0 Å². The van der Waals surface area contributed by atoms with Crippen LogP contribution in [-0.2, 0) is 4.79 Å². The van der Waals surface area contributed by atoms with E-state index < -0.39 is 5.41 Å². The zero-order valence-corrected chi connectivity index (χ0v) is 9.31. The average molecular weight is 247 g/mol. The number of H-pyrrole nitrogens is 1. The van der Waals surface area contributed by atoms with Crippen LogP contribution in [0.2, 0.25) is 0 Å². The maximum Gasteiger partial charge on any atom is 0.317 e. The number of rotatable bonds is 1. The minimum absolute atomic E-state index is 0.294. The molecule has 0 saturated heterocycles. The van der Waals surface area contributed by atoms with Gasteiger partial charge in [0.15, 0.2) is 0 Å². The summed E-state index contributed by atoms with van der Waals surface area (Å²) in [5.41, 5.74) is -0.509. The Morgan fingerprint density at radius 2 is 2.23 bits per heavy atom. The van der Waals surface area contributed by atoms with E-state index in [1.54, 1.807) is 20.8 Å². The van der Waals surface area contributed by atoms with E-state index in [-0.39, 0.29) is 5.97 Å². The molecule has 13 heavy (non-hydrogen) atoms. The Labute approximate surface area is 84.8 Å². The Morgan fingerprint density at radius 1 is 1.62 bits per heavy atom. The van der Waals surface area contributed by atoms with Gasteiger partial charge in [-0.1, -0.05) is 0 Å². The minimum Gasteiger partial charge on any atom is -0.406 e. The van der Waals surface area contributed by atoms with Gasteiger partial charge in [-0.05, 0) is 36.7 Å². The predicted molar refractivity (Wildman–Crippen MR) is 51.4 cm³/mol. The fourth-order valence-corrected chi connectivity index (χ4v) is 0.849. The van der Waals surface area contributed by atoms with Gasteiger partial charge in [-0.25, -0.2) is 5.10 Å². The normalized spacial score (nSPS) is 11.4. The number of hydrogen-bond acceptors (Lipinski definition) is 3. The number of ether oxygens (including phenoxy) is 1. The molecule has 0 saturated carbocycles. The average Bonchev–Trinajstić information content (AvgIpc) is 2.34. The van der Waals surface area contributed by atoms with Crippen LogP contribution in [0.15, 0.2) is 10.7 Å². The lowest BCUT2D eigenvalue weighted by molar-refractivity contribution is -0.143. The summed E-state index contributed by atoms with van der Waals surface area (Å²) in [6.07, 6.45) is 1.53. The summed E-state index contributed by atoms with van der Waals surface area (Å²) >= 11 is 3.19. The molecule has 1 aromatic rings. The highest BCUT2D eigenvalue weighted by Gasteiger charge is 2.24. The number of aromatic amines is 1. The Bertz CT molecular complexity index is 314. The molecule has 0 bridgehead atoms. The Balaban J connectivity index is 2.71. The second kappa shape index (κ2) is 3.49. The quantitative estimate of drug-likeness (QED) is 0.773. The van der Waals surface area contributed by atoms with Crippen molar-refractivity contribution >= 4 is 21.9 Å². The summed E-state index contributed by atoms with van der Waals surface area (Å²) < 4.78 is 5.69. The van der Waals surface area contributed by atoms with E-state index in [0.29, 0.717) is 10.4 Å². The van der Waals surface area contributed by atoms with Crippen LogP contribution in [0.1, 0.15) is 20.8 Å². The predicted octanol–water partition coefficient (Wildman–Crippen LogP) is 2.12. The molecule has 1 aromatic heterocycles. The molecule has 72 valence electrons. The molecular formula is C8H11BrN2O2. The zero-order valence-electron chi connectivity index (χ0n) is 7.72. The maximum atomic E-state index is 11.4. The molecule has 0 atom stereocenters. The first-order valence-electron chi connectivity index (χ1n) is 3.82. The summed E-state index contributed by atoms with van der Waals surface area (Å²) in [5, 5.41) is 6.28. The lowest BCUT2D eigenvalue weighted by atomic mass is 9.97. The van der Waals surface area contributed by atoms with E-state index in [1.165, 1.54) is 6.20 Å². The first-order valence-corrected chi connectivity index (χ1v) is 4.61. The van der Waals surface area contributed by atoms with Gasteiger partial charge >= 0.3 is 5.97 Å². The number of carbonyl (C=O) groups is 1. The molecule has 1 N–H and O–H groups in total. The summed E-state index contributed by atoms with van der Waals surface area (Å²) in [7, 11) is 0. The van der Waals surface area contributed by atoms with Crippen molar-refractivity contribution in [2.75, 3.05) is 0 Å². The van der Waals surface area contributed by atoms with E-state index in [2.05, 4.69) is 26.1 Å². The lowest BCUT2D eigenvalue weighted by Crippen LogP contribution is -2.25. The second-order valence-electron chi connectivity index (χ2n) is 3.69. The first kappa shape index (κ1) is 10.2. The third-order valence-corrected chi connectivity index (χ3v) is 1.93. The molecule has 0 amide bonds. The van der Waals surface area contributed by atoms with Crippen molar-refractivity contribution in [3.05, 3.63) is 10.7 Å². The van der Waals surface area contributed by atoms with Gasteiger partial charge in [0.25, 0.3) is 0 Å². The van der Waals surface area contributed by atoms with Crippen LogP contribution in [0.5, 0.6) is 5.88 Å². The Kier molecular flexibility index (Phi) is 2.75. The highest BCUT2D eigenvalue weighted by Crippen LogP contribution is 2.24. The number of hydrogen-bond donors (Lipinski definition) is 1. The standard InChI is InChI=1S/C8H11BrN2O2/c1-8(2,3)7(12)13-6-5(9)4-10-11-6/h4H,1-3H3,(H,10,11). The minimum atomic E-state index is -0.509. The van der Waals surface area contributed by atoms with Crippen LogP contribution in [-0.4, -0.2) is 16.2 Å². The SMILES string of the molecule is CC(C)(C)C(=O)Oc1[nH]ncc1Br. The van der Waals surface area contributed by atoms with E-state index in [1.807, 2.05) is 0 Å². The van der Waals surface area contributed by atoms with Crippen molar-refractivity contribution in [1.82, 2.24) is 10.2 Å². The fraction of sp³-hybridized carbons (Fsp3) is 0.500. The molecule has 0 radical (unpaired) electrons. The molecule has 0 aliphatic carbocycles. The van der Waals surface area contributed by atoms with Crippen molar-refractivity contribution in [3.63, 3.8) is 0 Å². The van der Waals surface area contributed by atoms with Crippen molar-refractivity contribution < 1.29 is 9.53 Å². The third kappa shape index (κ3) is 2.55. The van der Waals surface area contributed by atoms with Gasteiger partial charge in [-0.2, -0.15) is 5.10 Å². The lowest BCUT2D eigenvalue weighted by Gasteiger charge is -2.15. The molecule has 0 aliphatic rings. The van der Waals surface area contributed by atoms with Gasteiger partial charge in [0.1, 0.15) is 0 Å². The van der Waals surface area contributed by atoms with Gasteiger partial charge in [0.05, 0.1) is 16.1 Å². The molecule has 1 heterocycles. The van der Waals surface area contributed by atoms with Gasteiger partial charge in [0, 0.05) is 0 Å². The van der Waals surface area contributed by atoms with Crippen LogP contribution >= 0.6 is 15.9 Å². The largest absolute Gasteiger partial charge is 0.406 e. The number of halogens is 1. The molecule has 0 spiro atoms. The topological polar surface area (TPSA) is 55.0 Å². The summed E-state index contributed by atoms with van der Waals surface area (Å²) in [5.74, 6) is 0.0531. The van der Waals surface area contributed by atoms with Crippen LogP contribution in [0.4, 0.5) is 0 Å². The zero-order chi connectivity index (χ0) is 10.1. The van der Waals surface area contributed by atoms with Crippen LogP contribution in [0, 0.1) is 5.41 Å². The van der Waals surface area contributed by atoms with Crippen molar-refractivity contribution in [2.24, 2.45) is 5.41 Å². The second-order valence-corrected chi connectivity index (χ2v) is 4.54. The van der Waals surface area contributed by atoms with Crippen LogP contribution in [0.25, 0.3) is 0 Å². The molecule has 5 heteroatoms. The number of aromatic nitrogens is 2. The summed E-state index contributed by atoms with van der Waals surface area (Å²) in [6, 6.07) is 0. The van der Waals surface area contributed by atoms with Gasteiger partial charge in [-0.3, -0.25) is 4.79 Å². The van der Waals surface area contributed by atoms with E-state index in [0.717, 1.165) is 0 Å². The summed E-state index contributed by atoms with van der Waals surface area (Å²) in [6.45, 7) is 5.37. The monoisotopic (exact) mass is 246 g/mol. The highest BCUT2D eigenvalue weighted by atomic mass is 79.9. The number of esters is 1. The first-order chi connectivity index (χ1) is 5.91. The molecule has 0 aromatic carbocycles. The van der Waals surface area contributed by atoms with Gasteiger partial charge in [0.2, 0.25) is 5.88 Å². The molecule has 0 unspecified atom stereocenters. The fourth-order valence-electron chi connectivity index (χ4n) is 0.577. The molecule has 1 rings (SSSR count). The maximum absolute atomic E-state index is 11.4. The third-order valence-electron chi connectivity index (χ3n) is 1.37. The smallest absolute Gasteiger partial charge is 0.317 e. The van der Waals surface area contributed by atoms with Gasteiger partial charge < -0.3 is 4.74 Å². The highest BCUT2D eigenvalue weighted by molar-refractivity contribution is 9.10.